The average Bonchev–Trinajstić information content (AvgIpc) is 3.52. The van der Waals surface area contributed by atoms with Crippen LogP contribution < -0.4 is 15.4 Å². The van der Waals surface area contributed by atoms with Crippen LogP contribution in [0.5, 0.6) is 5.75 Å². The third kappa shape index (κ3) is 4.15. The largest absolute Gasteiger partial charge is 0.492 e. The summed E-state index contributed by atoms with van der Waals surface area (Å²) in [5, 5.41) is 8.35. The Balaban J connectivity index is 1.52. The quantitative estimate of drug-likeness (QED) is 0.585. The monoisotopic (exact) mass is 402 g/mol. The third-order valence-electron chi connectivity index (χ3n) is 5.61. The smallest absolute Gasteiger partial charge is 0.252 e. The number of hydrogen-bond donors (Lipinski definition) is 2. The first-order chi connectivity index (χ1) is 14.5. The zero-order chi connectivity index (χ0) is 21.1. The van der Waals surface area contributed by atoms with Crippen LogP contribution in [0, 0.1) is 6.92 Å². The molecule has 0 bridgehead atoms. The van der Waals surface area contributed by atoms with E-state index in [0.29, 0.717) is 24.5 Å². The topological polar surface area (TPSA) is 67.4 Å². The molecule has 30 heavy (non-hydrogen) atoms. The van der Waals surface area contributed by atoms with Crippen molar-refractivity contribution in [1.29, 1.82) is 0 Å². The van der Waals surface area contributed by atoms with Gasteiger partial charge in [-0.15, -0.1) is 0 Å². The lowest BCUT2D eigenvalue weighted by atomic mass is 9.96. The van der Waals surface area contributed by atoms with Crippen molar-refractivity contribution < 1.29 is 14.3 Å². The minimum absolute atomic E-state index is 0.0919. The van der Waals surface area contributed by atoms with Crippen molar-refractivity contribution in [2.45, 2.75) is 32.2 Å². The van der Waals surface area contributed by atoms with Gasteiger partial charge in [0, 0.05) is 12.5 Å². The van der Waals surface area contributed by atoms with Crippen LogP contribution in [0.4, 0.5) is 0 Å². The Bertz CT molecular complexity index is 1100. The second kappa shape index (κ2) is 8.19. The van der Waals surface area contributed by atoms with Crippen LogP contribution in [-0.2, 0) is 10.3 Å². The predicted molar refractivity (Wildman–Crippen MR) is 118 cm³/mol. The summed E-state index contributed by atoms with van der Waals surface area (Å²) in [5.74, 6) is 0.432. The molecule has 0 radical (unpaired) electrons. The maximum Gasteiger partial charge on any atom is 0.252 e. The van der Waals surface area contributed by atoms with Gasteiger partial charge in [-0.05, 0) is 53.8 Å². The van der Waals surface area contributed by atoms with Gasteiger partial charge in [0.2, 0.25) is 5.91 Å². The van der Waals surface area contributed by atoms with Gasteiger partial charge in [0.05, 0.1) is 12.1 Å². The summed E-state index contributed by atoms with van der Waals surface area (Å²) >= 11 is 0. The molecule has 3 aromatic carbocycles. The standard InChI is InChI=1S/C25H26N2O3/c1-17-10-11-20(30-15-14-26-18(2)28)16-22(17)24(29)27-25(12-13-25)23-9-5-7-19-6-3-4-8-21(19)23/h3-11,16H,12-15H2,1-2H3,(H,26,28)(H,27,29). The number of ether oxygens (including phenoxy) is 1. The lowest BCUT2D eigenvalue weighted by Gasteiger charge is -2.21. The van der Waals surface area contributed by atoms with E-state index in [2.05, 4.69) is 41.0 Å². The first-order valence-electron chi connectivity index (χ1n) is 10.3. The minimum atomic E-state index is -0.313. The summed E-state index contributed by atoms with van der Waals surface area (Å²) < 4.78 is 5.70. The summed E-state index contributed by atoms with van der Waals surface area (Å²) in [6.45, 7) is 4.17. The number of carbonyl (C=O) groups excluding carboxylic acids is 2. The lowest BCUT2D eigenvalue weighted by molar-refractivity contribution is -0.119. The van der Waals surface area contributed by atoms with E-state index >= 15 is 0 Å². The van der Waals surface area contributed by atoms with E-state index in [1.54, 1.807) is 6.07 Å². The van der Waals surface area contributed by atoms with Gasteiger partial charge in [0.25, 0.3) is 5.91 Å². The number of aryl methyl sites for hydroxylation is 1. The molecule has 154 valence electrons. The fraction of sp³-hybridized carbons (Fsp3) is 0.280. The molecule has 0 atom stereocenters. The van der Waals surface area contributed by atoms with Gasteiger partial charge in [-0.25, -0.2) is 0 Å². The number of nitrogens with one attached hydrogen (secondary N) is 2. The maximum atomic E-state index is 13.2. The molecule has 3 aromatic rings. The summed E-state index contributed by atoms with van der Waals surface area (Å²) in [4.78, 5) is 24.1. The summed E-state index contributed by atoms with van der Waals surface area (Å²) in [5.41, 5.74) is 2.37. The highest BCUT2D eigenvalue weighted by Crippen LogP contribution is 2.48. The molecular weight excluding hydrogens is 376 g/mol. The minimum Gasteiger partial charge on any atom is -0.492 e. The van der Waals surface area contributed by atoms with Crippen LogP contribution in [0.2, 0.25) is 0 Å². The molecule has 1 saturated carbocycles. The van der Waals surface area contributed by atoms with Crippen LogP contribution >= 0.6 is 0 Å². The summed E-state index contributed by atoms with van der Waals surface area (Å²) in [6, 6.07) is 20.1. The van der Waals surface area contributed by atoms with Gasteiger partial charge in [0.15, 0.2) is 0 Å². The number of hydrogen-bond acceptors (Lipinski definition) is 3. The molecule has 0 aliphatic heterocycles. The second-order valence-electron chi connectivity index (χ2n) is 7.87. The average molecular weight is 402 g/mol. The molecule has 1 aliphatic carbocycles. The molecule has 0 unspecified atom stereocenters. The first kappa shape index (κ1) is 20.0. The number of rotatable bonds is 7. The molecule has 0 saturated heterocycles. The van der Waals surface area contributed by atoms with Crippen LogP contribution in [0.1, 0.15) is 41.3 Å². The Morgan fingerprint density at radius 2 is 1.80 bits per heavy atom. The van der Waals surface area contributed by atoms with Gasteiger partial charge >= 0.3 is 0 Å². The fourth-order valence-electron chi connectivity index (χ4n) is 3.85. The van der Waals surface area contributed by atoms with Crippen molar-refractivity contribution in [1.82, 2.24) is 10.6 Å². The molecule has 5 heteroatoms. The van der Waals surface area contributed by atoms with E-state index in [9.17, 15) is 9.59 Å². The van der Waals surface area contributed by atoms with E-state index in [1.165, 1.54) is 23.3 Å². The van der Waals surface area contributed by atoms with Gasteiger partial charge in [-0.3, -0.25) is 9.59 Å². The Hall–Kier alpha value is -3.34. The summed E-state index contributed by atoms with van der Waals surface area (Å²) in [6.07, 6.45) is 1.86. The van der Waals surface area contributed by atoms with Crippen molar-refractivity contribution in [2.24, 2.45) is 0 Å². The molecule has 1 fully saturated rings. The lowest BCUT2D eigenvalue weighted by Crippen LogP contribution is -2.35. The first-order valence-corrected chi connectivity index (χ1v) is 10.3. The molecular formula is C25H26N2O3. The van der Waals surface area contributed by atoms with Gasteiger partial charge in [0.1, 0.15) is 12.4 Å². The van der Waals surface area contributed by atoms with Crippen molar-refractivity contribution in [3.63, 3.8) is 0 Å². The number of carbonyl (C=O) groups is 2. The number of amides is 2. The molecule has 0 heterocycles. The maximum absolute atomic E-state index is 13.2. The van der Waals surface area contributed by atoms with Crippen LogP contribution in [0.3, 0.4) is 0 Å². The van der Waals surface area contributed by atoms with Gasteiger partial charge in [-0.2, -0.15) is 0 Å². The molecule has 1 aliphatic rings. The van der Waals surface area contributed by atoms with Crippen LogP contribution in [0.25, 0.3) is 10.8 Å². The number of fused-ring (bicyclic) bond motifs is 1. The Morgan fingerprint density at radius 3 is 2.57 bits per heavy atom. The van der Waals surface area contributed by atoms with E-state index in [0.717, 1.165) is 18.4 Å². The Morgan fingerprint density at radius 1 is 1.03 bits per heavy atom. The molecule has 2 amide bonds. The zero-order valence-electron chi connectivity index (χ0n) is 17.3. The van der Waals surface area contributed by atoms with Gasteiger partial charge in [-0.1, -0.05) is 48.5 Å². The van der Waals surface area contributed by atoms with E-state index in [4.69, 9.17) is 4.74 Å². The predicted octanol–water partition coefficient (Wildman–Crippen LogP) is 4.08. The molecule has 0 aromatic heterocycles. The zero-order valence-corrected chi connectivity index (χ0v) is 17.3. The van der Waals surface area contributed by atoms with Crippen molar-refractivity contribution in [2.75, 3.05) is 13.2 Å². The van der Waals surface area contributed by atoms with Crippen molar-refractivity contribution >= 4 is 22.6 Å². The van der Waals surface area contributed by atoms with E-state index in [1.807, 2.05) is 31.2 Å². The number of benzene rings is 3. The normalized spacial score (nSPS) is 14.2. The van der Waals surface area contributed by atoms with Crippen LogP contribution in [-0.4, -0.2) is 25.0 Å². The third-order valence-corrected chi connectivity index (χ3v) is 5.61. The molecule has 0 spiro atoms. The fourth-order valence-corrected chi connectivity index (χ4v) is 3.85. The highest BCUT2D eigenvalue weighted by atomic mass is 16.5. The molecule has 2 N–H and O–H groups in total. The van der Waals surface area contributed by atoms with Crippen molar-refractivity contribution in [3.05, 3.63) is 77.4 Å². The highest BCUT2D eigenvalue weighted by molar-refractivity contribution is 5.97. The Kier molecular flexibility index (Phi) is 5.44. The van der Waals surface area contributed by atoms with Gasteiger partial charge < -0.3 is 15.4 Å². The van der Waals surface area contributed by atoms with Crippen molar-refractivity contribution in [3.8, 4) is 5.75 Å². The molecule has 5 nitrogen and oxygen atoms in total. The molecule has 4 rings (SSSR count). The Labute approximate surface area is 176 Å². The summed E-state index contributed by atoms with van der Waals surface area (Å²) in [7, 11) is 0. The van der Waals surface area contributed by atoms with E-state index in [-0.39, 0.29) is 17.4 Å². The van der Waals surface area contributed by atoms with E-state index < -0.39 is 0 Å². The van der Waals surface area contributed by atoms with Crippen LogP contribution in [0.15, 0.2) is 60.7 Å². The highest BCUT2D eigenvalue weighted by Gasteiger charge is 2.46. The SMILES string of the molecule is CC(=O)NCCOc1ccc(C)c(C(=O)NC2(c3cccc4ccccc34)CC2)c1. The second-order valence-corrected chi connectivity index (χ2v) is 7.87.